The molecule has 0 fully saturated rings. The highest BCUT2D eigenvalue weighted by Gasteiger charge is 2.39. The molecule has 0 saturated heterocycles. The fourth-order valence-electron chi connectivity index (χ4n) is 1.13. The zero-order valence-electron chi connectivity index (χ0n) is 9.74. The summed E-state index contributed by atoms with van der Waals surface area (Å²) < 4.78 is 60.8. The predicted octanol–water partition coefficient (Wildman–Crippen LogP) is 5.10. The van der Waals surface area contributed by atoms with Crippen molar-refractivity contribution in [1.82, 2.24) is 0 Å². The first-order chi connectivity index (χ1) is 8.30. The van der Waals surface area contributed by atoms with Crippen LogP contribution >= 0.6 is 23.0 Å². The van der Waals surface area contributed by atoms with Crippen LogP contribution in [0, 0.1) is 0 Å². The van der Waals surface area contributed by atoms with Gasteiger partial charge in [-0.25, -0.2) is 0 Å². The third kappa shape index (κ3) is 4.04. The van der Waals surface area contributed by atoms with Crippen LogP contribution in [0.1, 0.15) is 13.8 Å². The lowest BCUT2D eigenvalue weighted by Crippen LogP contribution is -1.92. The Morgan fingerprint density at radius 1 is 1.00 bits per heavy atom. The zero-order valence-corrected chi connectivity index (χ0v) is 12.4. The fourth-order valence-corrected chi connectivity index (χ4v) is 8.57. The van der Waals surface area contributed by atoms with Gasteiger partial charge in [0.05, 0.1) is 19.4 Å². The molecular formula is C6H13F3N3O3P3. The molecule has 0 spiro atoms. The van der Waals surface area contributed by atoms with Gasteiger partial charge in [-0.1, -0.05) is 0 Å². The monoisotopic (exact) mass is 325 g/mol. The lowest BCUT2D eigenvalue weighted by atomic mass is 10.9. The summed E-state index contributed by atoms with van der Waals surface area (Å²) in [5, 5.41) is 0. The highest BCUT2D eigenvalue weighted by molar-refractivity contribution is 7.79. The molecule has 3 atom stereocenters. The molecule has 0 N–H and O–H groups in total. The predicted molar refractivity (Wildman–Crippen MR) is 65.6 cm³/mol. The van der Waals surface area contributed by atoms with E-state index in [0.717, 1.165) is 0 Å². The Hall–Kier alpha value is 0.0700. The molecule has 1 aliphatic rings. The van der Waals surface area contributed by atoms with E-state index in [4.69, 9.17) is 0 Å². The first-order valence-corrected chi connectivity index (χ1v) is 9.80. The van der Waals surface area contributed by atoms with Gasteiger partial charge in [0.25, 0.3) is 7.52 Å². The van der Waals surface area contributed by atoms with Crippen LogP contribution in [0.4, 0.5) is 12.6 Å². The van der Waals surface area contributed by atoms with Crippen molar-refractivity contribution in [3.8, 4) is 0 Å². The van der Waals surface area contributed by atoms with E-state index in [-0.39, 0.29) is 19.5 Å². The fraction of sp³-hybridized carbons (Fsp3) is 0.833. The lowest BCUT2D eigenvalue weighted by molar-refractivity contribution is -0.105. The maximum Gasteiger partial charge on any atom is 0.385 e. The first-order valence-electron chi connectivity index (χ1n) is 5.02. The smallest absolute Gasteiger partial charge is 0.303 e. The van der Waals surface area contributed by atoms with Crippen molar-refractivity contribution in [3.05, 3.63) is 0 Å². The molecule has 0 saturated carbocycles. The number of rotatable bonds is 6. The molecule has 6 nitrogen and oxygen atoms in total. The minimum absolute atomic E-state index is 0.148. The van der Waals surface area contributed by atoms with Gasteiger partial charge in [-0.05, 0) is 13.8 Å². The molecule has 1 rings (SSSR count). The molecule has 18 heavy (non-hydrogen) atoms. The van der Waals surface area contributed by atoms with Crippen LogP contribution < -0.4 is 0 Å². The molecule has 0 radical (unpaired) electrons. The third-order valence-corrected chi connectivity index (χ3v) is 9.12. The second-order valence-corrected chi connectivity index (χ2v) is 9.25. The molecule has 1 heterocycles. The summed E-state index contributed by atoms with van der Waals surface area (Å²) in [5.74, 6) is 0. The molecule has 0 bridgehead atoms. The molecule has 1 aliphatic heterocycles. The van der Waals surface area contributed by atoms with Gasteiger partial charge in [0.2, 0.25) is 0 Å². The Morgan fingerprint density at radius 2 is 1.50 bits per heavy atom. The Balaban J connectivity index is 3.39. The van der Waals surface area contributed by atoms with Gasteiger partial charge in [0.1, 0.15) is 6.29 Å². The summed E-state index contributed by atoms with van der Waals surface area (Å²) in [5.41, 5.74) is 0. The van der Waals surface area contributed by atoms with Gasteiger partial charge in [0.15, 0.2) is 0 Å². The molecular weight excluding hydrogens is 312 g/mol. The number of nitrogens with zero attached hydrogens (tertiary/aromatic N) is 3. The van der Waals surface area contributed by atoms with Crippen molar-refractivity contribution in [3.63, 3.8) is 0 Å². The van der Waals surface area contributed by atoms with Crippen LogP contribution in [0.5, 0.6) is 0 Å². The SMILES string of the molecule is CCOP1(F)=NP(F)(CC=O)=NP(F)(OCC)=N1. The average molecular weight is 325 g/mol. The molecule has 0 aromatic heterocycles. The maximum absolute atomic E-state index is 14.1. The van der Waals surface area contributed by atoms with Crippen LogP contribution in [0.15, 0.2) is 13.5 Å². The van der Waals surface area contributed by atoms with Gasteiger partial charge in [0, 0.05) is 0 Å². The van der Waals surface area contributed by atoms with E-state index in [9.17, 15) is 17.4 Å². The van der Waals surface area contributed by atoms with E-state index in [1.165, 1.54) is 13.8 Å². The minimum Gasteiger partial charge on any atom is -0.303 e. The van der Waals surface area contributed by atoms with E-state index in [0.29, 0.717) is 0 Å². The van der Waals surface area contributed by atoms with E-state index < -0.39 is 29.2 Å². The van der Waals surface area contributed by atoms with Crippen molar-refractivity contribution in [2.45, 2.75) is 13.8 Å². The second kappa shape index (κ2) is 6.02. The topological polar surface area (TPSA) is 72.6 Å². The van der Waals surface area contributed by atoms with E-state index in [1.807, 2.05) is 0 Å². The molecule has 0 aromatic rings. The number of hydrogen-bond acceptors (Lipinski definition) is 6. The summed E-state index contributed by atoms with van der Waals surface area (Å²) in [6.07, 6.45) is -0.612. The normalized spacial score (nSPS) is 39.4. The van der Waals surface area contributed by atoms with Crippen molar-refractivity contribution in [2.24, 2.45) is 13.5 Å². The van der Waals surface area contributed by atoms with Gasteiger partial charge in [-0.2, -0.15) is 21.6 Å². The molecule has 12 heteroatoms. The van der Waals surface area contributed by atoms with E-state index in [1.54, 1.807) is 0 Å². The quantitative estimate of drug-likeness (QED) is 0.503. The lowest BCUT2D eigenvalue weighted by Gasteiger charge is -2.22. The van der Waals surface area contributed by atoms with Crippen molar-refractivity contribution < 1.29 is 26.4 Å². The molecule has 0 aromatic carbocycles. The summed E-state index contributed by atoms with van der Waals surface area (Å²) in [6, 6.07) is 0. The van der Waals surface area contributed by atoms with Gasteiger partial charge >= 0.3 is 15.5 Å². The van der Waals surface area contributed by atoms with Gasteiger partial charge in [-0.15, -0.1) is 4.52 Å². The van der Waals surface area contributed by atoms with Crippen molar-refractivity contribution >= 4 is 29.3 Å². The number of carbonyl (C=O) groups is 1. The molecule has 106 valence electrons. The highest BCUT2D eigenvalue weighted by Crippen LogP contribution is 2.80. The Bertz CT molecular complexity index is 483. The molecule has 0 aliphatic carbocycles. The summed E-state index contributed by atoms with van der Waals surface area (Å²) in [6.45, 7) is 2.58. The maximum atomic E-state index is 14.1. The van der Waals surface area contributed by atoms with Crippen LogP contribution in [0.25, 0.3) is 0 Å². The zero-order chi connectivity index (χ0) is 13.9. The first kappa shape index (κ1) is 16.1. The molecule has 0 amide bonds. The van der Waals surface area contributed by atoms with Crippen LogP contribution in [0.2, 0.25) is 0 Å². The standard InChI is InChI=1S/C6H13F3N3O3P3/c1-3-14-17(8)10-16(7,6-5-13)11-18(9,12-17)15-4-2/h5H,3-4,6H2,1-2H3. The Labute approximate surface area is 103 Å². The average Bonchev–Trinajstić information content (AvgIpc) is 2.14. The van der Waals surface area contributed by atoms with Gasteiger partial charge < -0.3 is 13.8 Å². The largest absolute Gasteiger partial charge is 0.385 e. The van der Waals surface area contributed by atoms with Crippen molar-refractivity contribution in [1.29, 1.82) is 0 Å². The number of hydrogen-bond donors (Lipinski definition) is 0. The molecule has 3 unspecified atom stereocenters. The second-order valence-electron chi connectivity index (χ2n) is 3.04. The van der Waals surface area contributed by atoms with Crippen molar-refractivity contribution in [2.75, 3.05) is 19.4 Å². The Kier molecular flexibility index (Phi) is 5.39. The summed E-state index contributed by atoms with van der Waals surface area (Å²) in [4.78, 5) is 10.4. The highest BCUT2D eigenvalue weighted by atomic mass is 31.3. The number of aldehydes is 1. The number of halogens is 3. The summed E-state index contributed by atoms with van der Waals surface area (Å²) in [7, 11) is -13.2. The van der Waals surface area contributed by atoms with Crippen LogP contribution in [0.3, 0.4) is 0 Å². The third-order valence-electron chi connectivity index (χ3n) is 1.61. The van der Waals surface area contributed by atoms with Crippen LogP contribution in [-0.4, -0.2) is 25.7 Å². The number of carbonyl (C=O) groups excluding carboxylic acids is 1. The van der Waals surface area contributed by atoms with Gasteiger partial charge in [-0.3, -0.25) is 0 Å². The Morgan fingerprint density at radius 3 is 1.94 bits per heavy atom. The van der Waals surface area contributed by atoms with Crippen LogP contribution in [-0.2, 0) is 13.8 Å². The van der Waals surface area contributed by atoms with E-state index in [2.05, 4.69) is 22.6 Å². The summed E-state index contributed by atoms with van der Waals surface area (Å²) >= 11 is 0. The minimum atomic E-state index is -4.44. The van der Waals surface area contributed by atoms with E-state index >= 15 is 0 Å².